The fourth-order valence-electron chi connectivity index (χ4n) is 2.09. The van der Waals surface area contributed by atoms with Crippen molar-refractivity contribution in [2.75, 3.05) is 33.7 Å². The minimum Gasteiger partial charge on any atom is -0.549 e. The molecule has 0 aliphatic carbocycles. The molecule has 3 unspecified atom stereocenters. The Morgan fingerprint density at radius 1 is 1.48 bits per heavy atom. The maximum atomic E-state index is 11.7. The van der Waals surface area contributed by atoms with Gasteiger partial charge in [-0.1, -0.05) is 0 Å². The van der Waals surface area contributed by atoms with E-state index in [-0.39, 0.29) is 26.9 Å². The summed E-state index contributed by atoms with van der Waals surface area (Å²) in [7, 11) is 4.13. The number of hydrogen-bond donors (Lipinski definition) is 2. The molecule has 121 valence electrons. The lowest BCUT2D eigenvalue weighted by Gasteiger charge is -2.31. The zero-order valence-corrected chi connectivity index (χ0v) is 15.9. The van der Waals surface area contributed by atoms with Crippen LogP contribution in [0.25, 0.3) is 0 Å². The molecule has 1 amide bonds. The van der Waals surface area contributed by atoms with Gasteiger partial charge in [-0.05, 0) is 6.92 Å². The van der Waals surface area contributed by atoms with Crippen LogP contribution in [0.1, 0.15) is 19.8 Å². The average Bonchev–Trinajstić information content (AvgIpc) is 2.32. The van der Waals surface area contributed by atoms with Crippen molar-refractivity contribution in [2.45, 2.75) is 31.5 Å². The van der Waals surface area contributed by atoms with Gasteiger partial charge in [0.15, 0.2) is 0 Å². The monoisotopic (exact) mass is 429 g/mol. The number of hydrogen-bond acceptors (Lipinski definition) is 4. The summed E-state index contributed by atoms with van der Waals surface area (Å²) in [5.41, 5.74) is -0.732. The SMILES string of the molecule is CC(O)C[N+](C)(C)CCCNC(=O)CC(P[B]I)C(=O)[O-]. The van der Waals surface area contributed by atoms with Crippen LogP contribution in [0.15, 0.2) is 0 Å². The van der Waals surface area contributed by atoms with Gasteiger partial charge in [-0.2, -0.15) is 22.4 Å². The molecule has 21 heavy (non-hydrogen) atoms. The molecular formula is C12H24BIN2O4P. The molecule has 0 heterocycles. The molecule has 0 aromatic carbocycles. The molecule has 0 aromatic heterocycles. The standard InChI is InChI=1S/C12H24BIN2O4P/c1-9(17)8-16(2,3)6-4-5-15-11(18)7-10(12(19)20)21-13-14/h9-10,17,21H,4-8H2,1-3H3,(H-,15,18,19,20). The number of carboxylic acid groups (broad SMARTS) is 1. The van der Waals surface area contributed by atoms with Crippen LogP contribution in [0.5, 0.6) is 0 Å². The highest BCUT2D eigenvalue weighted by molar-refractivity contribution is 14.1. The molecule has 9 heteroatoms. The van der Waals surface area contributed by atoms with Crippen LogP contribution in [-0.2, 0) is 9.59 Å². The third-order valence-electron chi connectivity index (χ3n) is 2.96. The molecule has 2 N–H and O–H groups in total. The van der Waals surface area contributed by atoms with E-state index in [0.717, 1.165) is 13.0 Å². The van der Waals surface area contributed by atoms with Gasteiger partial charge < -0.3 is 24.8 Å². The first kappa shape index (κ1) is 21.1. The number of amides is 1. The molecular weight excluding hydrogens is 405 g/mol. The lowest BCUT2D eigenvalue weighted by molar-refractivity contribution is -0.893. The van der Waals surface area contributed by atoms with E-state index in [1.807, 2.05) is 36.5 Å². The second-order valence-electron chi connectivity index (χ2n) is 5.75. The fourth-order valence-corrected chi connectivity index (χ4v) is 3.98. The zero-order chi connectivity index (χ0) is 16.5. The van der Waals surface area contributed by atoms with Crippen molar-refractivity contribution < 1.29 is 24.3 Å². The van der Waals surface area contributed by atoms with Gasteiger partial charge in [-0.15, -0.1) is 8.46 Å². The number of quaternary nitrogens is 1. The molecule has 0 saturated carbocycles. The number of likely N-dealkylation sites (N-methyl/N-ethyl adjacent to an activating group) is 1. The minimum atomic E-state index is -1.17. The van der Waals surface area contributed by atoms with Gasteiger partial charge in [-0.3, -0.25) is 4.79 Å². The molecule has 3 atom stereocenters. The summed E-state index contributed by atoms with van der Waals surface area (Å²) in [4.78, 5) is 24.3. The molecule has 6 nitrogen and oxygen atoms in total. The van der Waals surface area contributed by atoms with E-state index < -0.39 is 11.6 Å². The van der Waals surface area contributed by atoms with Gasteiger partial charge in [0.05, 0.1) is 20.6 Å². The molecule has 1 radical (unpaired) electrons. The Kier molecular flexibility index (Phi) is 10.8. The number of carbonyl (C=O) groups excluding carboxylic acids is 2. The second kappa shape index (κ2) is 10.8. The largest absolute Gasteiger partial charge is 0.549 e. The van der Waals surface area contributed by atoms with Crippen LogP contribution >= 0.6 is 30.8 Å². The van der Waals surface area contributed by atoms with Gasteiger partial charge in [0.1, 0.15) is 12.6 Å². The predicted octanol–water partition coefficient (Wildman–Crippen LogP) is -0.894. The average molecular weight is 429 g/mol. The van der Waals surface area contributed by atoms with Crippen LogP contribution in [0.4, 0.5) is 0 Å². The second-order valence-corrected chi connectivity index (χ2v) is 8.86. The van der Waals surface area contributed by atoms with Crippen LogP contribution in [-0.4, -0.2) is 71.8 Å². The number of aliphatic hydroxyl groups excluding tert-OH is 1. The van der Waals surface area contributed by atoms with E-state index in [1.54, 1.807) is 11.8 Å². The van der Waals surface area contributed by atoms with Crippen molar-refractivity contribution in [2.24, 2.45) is 0 Å². The number of halogens is 1. The van der Waals surface area contributed by atoms with Crippen molar-refractivity contribution in [1.82, 2.24) is 5.32 Å². The van der Waals surface area contributed by atoms with E-state index in [2.05, 4.69) is 5.32 Å². The molecule has 0 fully saturated rings. The maximum Gasteiger partial charge on any atom is 0.230 e. The van der Waals surface area contributed by atoms with Crippen LogP contribution in [0, 0.1) is 0 Å². The maximum absolute atomic E-state index is 11.7. The zero-order valence-electron chi connectivity index (χ0n) is 12.8. The van der Waals surface area contributed by atoms with E-state index >= 15 is 0 Å². The Labute approximate surface area is 142 Å². The number of nitrogens with zero attached hydrogens (tertiary/aromatic N) is 1. The van der Waals surface area contributed by atoms with E-state index in [4.69, 9.17) is 0 Å². The summed E-state index contributed by atoms with van der Waals surface area (Å²) in [6.45, 7) is 3.76. The molecule has 0 aliphatic heterocycles. The summed E-state index contributed by atoms with van der Waals surface area (Å²) in [5, 5.41) is 23.0. The Morgan fingerprint density at radius 3 is 2.57 bits per heavy atom. The van der Waals surface area contributed by atoms with Crippen molar-refractivity contribution in [3.8, 4) is 0 Å². The van der Waals surface area contributed by atoms with Crippen molar-refractivity contribution in [3.63, 3.8) is 0 Å². The highest BCUT2D eigenvalue weighted by Gasteiger charge is 2.18. The van der Waals surface area contributed by atoms with Crippen LogP contribution in [0.2, 0.25) is 0 Å². The Balaban J connectivity index is 3.96. The van der Waals surface area contributed by atoms with Crippen molar-refractivity contribution >= 4 is 47.6 Å². The third-order valence-corrected chi connectivity index (χ3v) is 5.01. The normalized spacial score (nSPS) is 14.9. The molecule has 0 aromatic rings. The summed E-state index contributed by atoms with van der Waals surface area (Å²) in [6.07, 6.45) is 0.387. The summed E-state index contributed by atoms with van der Waals surface area (Å²) in [5.74, 6) is -1.43. The highest BCUT2D eigenvalue weighted by Crippen LogP contribution is 2.21. The Bertz CT molecular complexity index is 345. The van der Waals surface area contributed by atoms with Gasteiger partial charge in [0.2, 0.25) is 10.8 Å². The number of aliphatic carboxylic acids is 1. The predicted molar refractivity (Wildman–Crippen MR) is 92.7 cm³/mol. The summed E-state index contributed by atoms with van der Waals surface area (Å²) >= 11 is 1.98. The number of nitrogens with one attached hydrogen (secondary N) is 1. The van der Waals surface area contributed by atoms with Gasteiger partial charge in [-0.25, -0.2) is 0 Å². The summed E-state index contributed by atoms with van der Waals surface area (Å²) in [6, 6.07) is 0. The number of carbonyl (C=O) groups is 2. The molecule has 0 bridgehead atoms. The van der Waals surface area contributed by atoms with Gasteiger partial charge >= 0.3 is 0 Å². The van der Waals surface area contributed by atoms with Crippen LogP contribution < -0.4 is 10.4 Å². The van der Waals surface area contributed by atoms with E-state index in [1.165, 1.54) is 0 Å². The lowest BCUT2D eigenvalue weighted by Crippen LogP contribution is -2.46. The topological polar surface area (TPSA) is 89.5 Å². The Hall–Kier alpha value is 0.0849. The number of rotatable bonds is 11. The fraction of sp³-hybridized carbons (Fsp3) is 0.833. The third kappa shape index (κ3) is 11.3. The molecule has 0 aliphatic rings. The van der Waals surface area contributed by atoms with Gasteiger partial charge in [0.25, 0.3) is 0 Å². The number of carboxylic acids is 1. The Morgan fingerprint density at radius 2 is 2.10 bits per heavy atom. The van der Waals surface area contributed by atoms with Gasteiger partial charge in [0, 0.05) is 31.0 Å². The van der Waals surface area contributed by atoms with Crippen LogP contribution in [0.3, 0.4) is 0 Å². The van der Waals surface area contributed by atoms with E-state index in [0.29, 0.717) is 17.6 Å². The first-order chi connectivity index (χ1) is 9.68. The molecule has 0 saturated heterocycles. The first-order valence-corrected chi connectivity index (χ1v) is 9.23. The van der Waals surface area contributed by atoms with E-state index in [9.17, 15) is 19.8 Å². The molecule has 0 rings (SSSR count). The highest BCUT2D eigenvalue weighted by atomic mass is 127. The minimum absolute atomic E-state index is 0.0355. The quantitative estimate of drug-likeness (QED) is 0.147. The van der Waals surface area contributed by atoms with Crippen molar-refractivity contribution in [1.29, 1.82) is 0 Å². The molecule has 0 spiro atoms. The summed E-state index contributed by atoms with van der Waals surface area (Å²) < 4.78 is 0.681. The van der Waals surface area contributed by atoms with Crippen molar-refractivity contribution in [3.05, 3.63) is 0 Å². The smallest absolute Gasteiger partial charge is 0.230 e. The lowest BCUT2D eigenvalue weighted by atomic mass is 10.2. The number of aliphatic hydroxyl groups is 1. The first-order valence-electron chi connectivity index (χ1n) is 6.83.